The van der Waals surface area contributed by atoms with Gasteiger partial charge in [0.15, 0.2) is 0 Å². The van der Waals surface area contributed by atoms with Gasteiger partial charge in [-0.3, -0.25) is 29.5 Å². The average molecular weight is 556 g/mol. The van der Waals surface area contributed by atoms with Crippen molar-refractivity contribution in [3.63, 3.8) is 0 Å². The second kappa shape index (κ2) is 9.91. The van der Waals surface area contributed by atoms with Crippen LogP contribution < -0.4 is 10.1 Å². The monoisotopic (exact) mass is 555 g/mol. The number of carbonyl (C=O) groups is 3. The minimum atomic E-state index is -2.87. The number of carbonyl (C=O) groups excluding carboxylic acids is 3. The van der Waals surface area contributed by atoms with Gasteiger partial charge in [0.05, 0.1) is 22.3 Å². The summed E-state index contributed by atoms with van der Waals surface area (Å²) < 4.78 is 27.1. The summed E-state index contributed by atoms with van der Waals surface area (Å²) in [6.07, 6.45) is -0.104. The number of fused-ring (bicyclic) bond motifs is 1. The SMILES string of the molecule is CC1(C)CN(Cc2ccc(COc3cccc4c3C(O)(O)N(C3CCC(=O)NC3=O)C4=O)c(F)c2)CC(C)(C)O1. The lowest BCUT2D eigenvalue weighted by molar-refractivity contribution is -0.260. The maximum Gasteiger partial charge on any atom is 0.282 e. The van der Waals surface area contributed by atoms with Crippen molar-refractivity contribution < 1.29 is 38.5 Å². The smallest absolute Gasteiger partial charge is 0.282 e. The Bertz CT molecular complexity index is 1360. The van der Waals surface area contributed by atoms with Crippen LogP contribution in [0.2, 0.25) is 0 Å². The van der Waals surface area contributed by atoms with Gasteiger partial charge >= 0.3 is 0 Å². The molecule has 0 aliphatic carbocycles. The number of hydrogen-bond donors (Lipinski definition) is 3. The van der Waals surface area contributed by atoms with E-state index < -0.39 is 35.5 Å². The number of aliphatic hydroxyl groups is 2. The highest BCUT2D eigenvalue weighted by atomic mass is 19.1. The summed E-state index contributed by atoms with van der Waals surface area (Å²) in [5.41, 5.74) is 0.0998. The topological polar surface area (TPSA) is 129 Å². The Morgan fingerprint density at radius 3 is 2.42 bits per heavy atom. The molecule has 40 heavy (non-hydrogen) atoms. The molecule has 2 saturated heterocycles. The zero-order chi connectivity index (χ0) is 29.0. The Morgan fingerprint density at radius 1 is 1.07 bits per heavy atom. The van der Waals surface area contributed by atoms with E-state index in [-0.39, 0.29) is 53.1 Å². The van der Waals surface area contributed by atoms with E-state index in [0.717, 1.165) is 5.56 Å². The number of piperidine rings is 1. The Balaban J connectivity index is 1.31. The van der Waals surface area contributed by atoms with E-state index in [1.165, 1.54) is 24.3 Å². The van der Waals surface area contributed by atoms with E-state index >= 15 is 4.39 Å². The molecule has 0 aromatic heterocycles. The predicted octanol–water partition coefficient (Wildman–Crippen LogP) is 2.15. The molecule has 214 valence electrons. The van der Waals surface area contributed by atoms with Gasteiger partial charge in [-0.1, -0.05) is 18.2 Å². The third-order valence-corrected chi connectivity index (χ3v) is 7.34. The Hall–Kier alpha value is -3.38. The van der Waals surface area contributed by atoms with Crippen LogP contribution >= 0.6 is 0 Å². The van der Waals surface area contributed by atoms with E-state index in [1.807, 2.05) is 33.8 Å². The van der Waals surface area contributed by atoms with Crippen LogP contribution in [0.25, 0.3) is 0 Å². The van der Waals surface area contributed by atoms with Crippen LogP contribution in [0, 0.1) is 5.82 Å². The van der Waals surface area contributed by atoms with E-state index in [9.17, 15) is 24.6 Å². The number of amides is 3. The number of hydrogen-bond acceptors (Lipinski definition) is 8. The minimum absolute atomic E-state index is 0.0353. The molecule has 0 bridgehead atoms. The molecule has 3 N–H and O–H groups in total. The molecule has 3 aliphatic rings. The molecule has 0 radical (unpaired) electrons. The summed E-state index contributed by atoms with van der Waals surface area (Å²) in [7, 11) is 0. The quantitative estimate of drug-likeness (QED) is 0.366. The number of morpholine rings is 1. The van der Waals surface area contributed by atoms with Gasteiger partial charge in [0.2, 0.25) is 11.8 Å². The fourth-order valence-electron chi connectivity index (χ4n) is 6.13. The van der Waals surface area contributed by atoms with Crippen molar-refractivity contribution in [3.8, 4) is 5.75 Å². The fraction of sp³-hybridized carbons (Fsp3) is 0.483. The van der Waals surface area contributed by atoms with Crippen LogP contribution in [0.15, 0.2) is 36.4 Å². The highest BCUT2D eigenvalue weighted by Gasteiger charge is 2.55. The lowest BCUT2D eigenvalue weighted by Gasteiger charge is -2.47. The molecular weight excluding hydrogens is 521 g/mol. The van der Waals surface area contributed by atoms with Crippen molar-refractivity contribution in [1.82, 2.24) is 15.1 Å². The van der Waals surface area contributed by atoms with E-state index in [0.29, 0.717) is 24.5 Å². The molecule has 11 heteroatoms. The maximum absolute atomic E-state index is 15.1. The largest absolute Gasteiger partial charge is 0.488 e. The van der Waals surface area contributed by atoms with Crippen molar-refractivity contribution >= 4 is 17.7 Å². The van der Waals surface area contributed by atoms with Crippen LogP contribution in [0.1, 0.15) is 67.6 Å². The number of halogens is 1. The molecule has 1 unspecified atom stereocenters. The van der Waals surface area contributed by atoms with Crippen molar-refractivity contribution in [3.05, 3.63) is 64.5 Å². The van der Waals surface area contributed by atoms with Crippen molar-refractivity contribution in [2.24, 2.45) is 0 Å². The molecule has 3 aliphatic heterocycles. The molecule has 2 aromatic carbocycles. The Kier molecular flexibility index (Phi) is 6.98. The maximum atomic E-state index is 15.1. The van der Waals surface area contributed by atoms with E-state index in [2.05, 4.69) is 10.2 Å². The summed E-state index contributed by atoms with van der Waals surface area (Å²) in [5.74, 6) is -5.46. The van der Waals surface area contributed by atoms with Gasteiger partial charge in [0.25, 0.3) is 11.8 Å². The van der Waals surface area contributed by atoms with Crippen LogP contribution in [0.4, 0.5) is 4.39 Å². The van der Waals surface area contributed by atoms with Crippen molar-refractivity contribution in [2.45, 2.75) is 76.8 Å². The molecule has 0 spiro atoms. The second-order valence-electron chi connectivity index (χ2n) is 11.9. The molecule has 5 rings (SSSR count). The van der Waals surface area contributed by atoms with E-state index in [4.69, 9.17) is 9.47 Å². The molecule has 0 saturated carbocycles. The summed E-state index contributed by atoms with van der Waals surface area (Å²) >= 11 is 0. The van der Waals surface area contributed by atoms with Gasteiger partial charge in [-0.2, -0.15) is 0 Å². The first-order valence-electron chi connectivity index (χ1n) is 13.3. The van der Waals surface area contributed by atoms with Gasteiger partial charge in [-0.05, 0) is 57.9 Å². The molecule has 2 aromatic rings. The van der Waals surface area contributed by atoms with Crippen molar-refractivity contribution in [1.29, 1.82) is 0 Å². The fourth-order valence-corrected chi connectivity index (χ4v) is 6.13. The molecule has 1 atom stereocenters. The summed E-state index contributed by atoms with van der Waals surface area (Å²) in [6, 6.07) is 7.98. The summed E-state index contributed by atoms with van der Waals surface area (Å²) in [4.78, 5) is 39.9. The third-order valence-electron chi connectivity index (χ3n) is 7.34. The van der Waals surface area contributed by atoms with Gasteiger partial charge in [0.1, 0.15) is 24.2 Å². The first-order chi connectivity index (χ1) is 18.7. The number of benzene rings is 2. The molecule has 3 amide bonds. The first-order valence-corrected chi connectivity index (χ1v) is 13.3. The number of nitrogens with zero attached hydrogens (tertiary/aromatic N) is 2. The van der Waals surface area contributed by atoms with Gasteiger partial charge < -0.3 is 19.7 Å². The third kappa shape index (κ3) is 5.34. The minimum Gasteiger partial charge on any atom is -0.488 e. The zero-order valence-corrected chi connectivity index (χ0v) is 23.0. The first kappa shape index (κ1) is 28.2. The zero-order valence-electron chi connectivity index (χ0n) is 23.0. The summed E-state index contributed by atoms with van der Waals surface area (Å²) in [6.45, 7) is 9.88. The predicted molar refractivity (Wildman–Crippen MR) is 140 cm³/mol. The Morgan fingerprint density at radius 2 is 1.77 bits per heavy atom. The van der Waals surface area contributed by atoms with Crippen LogP contribution in [0.5, 0.6) is 5.75 Å². The van der Waals surface area contributed by atoms with Gasteiger partial charge in [-0.25, -0.2) is 4.39 Å². The number of nitrogens with one attached hydrogen (secondary N) is 1. The normalized spacial score (nSPS) is 23.6. The summed E-state index contributed by atoms with van der Waals surface area (Å²) in [5, 5.41) is 24.2. The number of imide groups is 1. The van der Waals surface area contributed by atoms with Crippen LogP contribution in [-0.4, -0.2) is 68.1 Å². The highest BCUT2D eigenvalue weighted by Crippen LogP contribution is 2.43. The van der Waals surface area contributed by atoms with Crippen LogP contribution in [0.3, 0.4) is 0 Å². The van der Waals surface area contributed by atoms with E-state index in [1.54, 1.807) is 6.07 Å². The standard InChI is InChI=1S/C29H34FN3O7/c1-27(2)15-32(16-28(3,4)40-27)13-17-8-9-18(20(30)12-17)14-39-22-7-5-6-19-24(22)29(37,38)33(26(19)36)21-10-11-23(34)31-25(21)35/h5-9,12,21,37-38H,10-11,13-16H2,1-4H3,(H,31,34,35). The number of rotatable bonds is 6. The molecule has 3 heterocycles. The average Bonchev–Trinajstić information content (AvgIpc) is 3.02. The molecular formula is C29H34FN3O7. The van der Waals surface area contributed by atoms with Crippen molar-refractivity contribution in [2.75, 3.05) is 13.1 Å². The highest BCUT2D eigenvalue weighted by molar-refractivity contribution is 6.06. The molecule has 10 nitrogen and oxygen atoms in total. The van der Waals surface area contributed by atoms with Crippen LogP contribution in [-0.2, 0) is 33.4 Å². The van der Waals surface area contributed by atoms with Gasteiger partial charge in [0, 0.05) is 31.6 Å². The lowest BCUT2D eigenvalue weighted by atomic mass is 9.98. The molecule has 2 fully saturated rings. The van der Waals surface area contributed by atoms with Gasteiger partial charge in [-0.15, -0.1) is 0 Å². The number of ether oxygens (including phenoxy) is 2. The lowest BCUT2D eigenvalue weighted by Crippen LogP contribution is -2.58. The second-order valence-corrected chi connectivity index (χ2v) is 11.9. The Labute approximate surface area is 231 Å².